The molecular formula is C35H35F6N3O3. The standard InChI is InChI=1S/C35H35F6N3O3/c1-42(27-12-16-43(17-13-27)22-23-2-4-25(5-3-23)34(36,37)38)33(45)32-21-24-20-30(10-11-31(24)47-32)46-29-14-18-44(19-15-29)28-8-6-26(7-9-28)35(39,40)41/h2-11,20-21,27,29H,12-19,22H2,1H3. The third-order valence-electron chi connectivity index (χ3n) is 9.12. The number of anilines is 1. The van der Waals surface area contributed by atoms with Gasteiger partial charge in [0.25, 0.3) is 5.91 Å². The van der Waals surface area contributed by atoms with Crippen LogP contribution >= 0.6 is 0 Å². The van der Waals surface area contributed by atoms with E-state index in [0.29, 0.717) is 56.9 Å². The minimum absolute atomic E-state index is 0.00639. The average molecular weight is 660 g/mol. The third-order valence-corrected chi connectivity index (χ3v) is 9.12. The highest BCUT2D eigenvalue weighted by Gasteiger charge is 2.32. The average Bonchev–Trinajstić information content (AvgIpc) is 3.48. The number of piperidine rings is 2. The fraction of sp³-hybridized carbons (Fsp3) is 0.400. The van der Waals surface area contributed by atoms with E-state index in [9.17, 15) is 31.1 Å². The van der Waals surface area contributed by atoms with Crippen molar-refractivity contribution in [3.63, 3.8) is 0 Å². The van der Waals surface area contributed by atoms with Gasteiger partial charge < -0.3 is 19.0 Å². The molecule has 250 valence electrons. The van der Waals surface area contributed by atoms with Crippen molar-refractivity contribution in [1.82, 2.24) is 9.80 Å². The van der Waals surface area contributed by atoms with Crippen LogP contribution in [0, 0.1) is 0 Å². The summed E-state index contributed by atoms with van der Waals surface area (Å²) in [5, 5.41) is 0.743. The summed E-state index contributed by atoms with van der Waals surface area (Å²) in [5.41, 5.74) is 0.811. The molecule has 0 bridgehead atoms. The molecule has 0 aliphatic carbocycles. The smallest absolute Gasteiger partial charge is 0.416 e. The Morgan fingerprint density at radius 3 is 2.00 bits per heavy atom. The number of carbonyl (C=O) groups excluding carboxylic acids is 1. The van der Waals surface area contributed by atoms with E-state index in [4.69, 9.17) is 9.15 Å². The number of alkyl halides is 6. The van der Waals surface area contributed by atoms with E-state index in [0.717, 1.165) is 53.7 Å². The van der Waals surface area contributed by atoms with E-state index in [1.165, 1.54) is 24.3 Å². The fourth-order valence-corrected chi connectivity index (χ4v) is 6.35. The van der Waals surface area contributed by atoms with E-state index in [-0.39, 0.29) is 23.8 Å². The van der Waals surface area contributed by atoms with E-state index >= 15 is 0 Å². The van der Waals surface area contributed by atoms with Crippen LogP contribution < -0.4 is 9.64 Å². The Morgan fingerprint density at radius 1 is 0.809 bits per heavy atom. The van der Waals surface area contributed by atoms with Gasteiger partial charge in [0.2, 0.25) is 0 Å². The summed E-state index contributed by atoms with van der Waals surface area (Å²) in [4.78, 5) is 19.3. The van der Waals surface area contributed by atoms with Crippen molar-refractivity contribution in [1.29, 1.82) is 0 Å². The number of hydrogen-bond acceptors (Lipinski definition) is 5. The first kappa shape index (κ1) is 32.7. The first-order valence-corrected chi connectivity index (χ1v) is 15.6. The molecule has 0 N–H and O–H groups in total. The second-order valence-electron chi connectivity index (χ2n) is 12.3. The molecule has 4 aromatic rings. The Labute approximate surface area is 268 Å². The summed E-state index contributed by atoms with van der Waals surface area (Å²) >= 11 is 0. The SMILES string of the molecule is CN(C(=O)c1cc2cc(OC3CCN(c4ccc(C(F)(F)F)cc4)CC3)ccc2o1)C1CCN(Cc2ccc(C(F)(F)F)cc2)CC1. The molecule has 0 unspecified atom stereocenters. The highest BCUT2D eigenvalue weighted by molar-refractivity contribution is 5.96. The van der Waals surface area contributed by atoms with E-state index in [1.54, 1.807) is 30.1 Å². The summed E-state index contributed by atoms with van der Waals surface area (Å²) in [6, 6.07) is 17.6. The van der Waals surface area contributed by atoms with Gasteiger partial charge in [0.05, 0.1) is 11.1 Å². The number of carbonyl (C=O) groups is 1. The van der Waals surface area contributed by atoms with Crippen molar-refractivity contribution in [3.05, 3.63) is 95.2 Å². The van der Waals surface area contributed by atoms with Gasteiger partial charge in [0.1, 0.15) is 17.4 Å². The van der Waals surface area contributed by atoms with Gasteiger partial charge in [-0.05, 0) is 79.1 Å². The second-order valence-corrected chi connectivity index (χ2v) is 12.3. The van der Waals surface area contributed by atoms with Crippen molar-refractivity contribution < 1.29 is 40.3 Å². The maximum atomic E-state index is 13.4. The molecule has 12 heteroatoms. The van der Waals surface area contributed by atoms with Gasteiger partial charge in [-0.25, -0.2) is 0 Å². The van der Waals surface area contributed by atoms with Crippen LogP contribution in [0.2, 0.25) is 0 Å². The van der Waals surface area contributed by atoms with Gasteiger partial charge in [0, 0.05) is 69.7 Å². The molecule has 1 amide bonds. The summed E-state index contributed by atoms with van der Waals surface area (Å²) < 4.78 is 89.4. The molecular weight excluding hydrogens is 624 g/mol. The molecule has 0 spiro atoms. The number of furan rings is 1. The third kappa shape index (κ3) is 7.69. The van der Waals surface area contributed by atoms with Gasteiger partial charge in [-0.1, -0.05) is 12.1 Å². The zero-order chi connectivity index (χ0) is 33.3. The van der Waals surface area contributed by atoms with Crippen molar-refractivity contribution in [2.24, 2.45) is 0 Å². The molecule has 0 saturated carbocycles. The van der Waals surface area contributed by atoms with Crippen molar-refractivity contribution >= 4 is 22.6 Å². The molecule has 47 heavy (non-hydrogen) atoms. The van der Waals surface area contributed by atoms with Crippen LogP contribution in [-0.2, 0) is 18.9 Å². The minimum Gasteiger partial charge on any atom is -0.490 e. The lowest BCUT2D eigenvalue weighted by molar-refractivity contribution is -0.138. The second kappa shape index (κ2) is 13.1. The number of amides is 1. The molecule has 2 saturated heterocycles. The maximum absolute atomic E-state index is 13.4. The van der Waals surface area contributed by atoms with Crippen LogP contribution in [0.15, 0.2) is 77.2 Å². The normalized spacial score (nSPS) is 17.3. The zero-order valence-corrected chi connectivity index (χ0v) is 25.8. The van der Waals surface area contributed by atoms with Crippen molar-refractivity contribution in [2.75, 3.05) is 38.1 Å². The fourth-order valence-electron chi connectivity index (χ4n) is 6.35. The molecule has 1 aromatic heterocycles. The Balaban J connectivity index is 0.993. The molecule has 3 aromatic carbocycles. The summed E-state index contributed by atoms with van der Waals surface area (Å²) in [7, 11) is 1.76. The minimum atomic E-state index is -4.36. The Bertz CT molecular complexity index is 1670. The molecule has 6 rings (SSSR count). The van der Waals surface area contributed by atoms with Crippen LogP contribution in [0.3, 0.4) is 0 Å². The van der Waals surface area contributed by atoms with Crippen LogP contribution in [0.25, 0.3) is 11.0 Å². The van der Waals surface area contributed by atoms with Gasteiger partial charge in [-0.15, -0.1) is 0 Å². The molecule has 0 radical (unpaired) electrons. The number of likely N-dealkylation sites (tertiary alicyclic amines) is 1. The Morgan fingerprint density at radius 2 is 1.40 bits per heavy atom. The Hall–Kier alpha value is -4.19. The molecule has 3 heterocycles. The van der Waals surface area contributed by atoms with Gasteiger partial charge in [0.15, 0.2) is 5.76 Å². The zero-order valence-electron chi connectivity index (χ0n) is 25.8. The van der Waals surface area contributed by atoms with Crippen molar-refractivity contribution in [2.45, 2.75) is 56.7 Å². The van der Waals surface area contributed by atoms with Gasteiger partial charge >= 0.3 is 12.4 Å². The molecule has 2 aliphatic heterocycles. The lowest BCUT2D eigenvalue weighted by Crippen LogP contribution is -2.45. The van der Waals surface area contributed by atoms with Gasteiger partial charge in [-0.3, -0.25) is 9.69 Å². The highest BCUT2D eigenvalue weighted by atomic mass is 19.4. The number of nitrogens with zero attached hydrogens (tertiary/aromatic N) is 3. The first-order valence-electron chi connectivity index (χ1n) is 15.6. The predicted molar refractivity (Wildman–Crippen MR) is 165 cm³/mol. The molecule has 0 atom stereocenters. The van der Waals surface area contributed by atoms with Crippen LogP contribution in [-0.4, -0.2) is 61.1 Å². The molecule has 2 aliphatic rings. The monoisotopic (exact) mass is 659 g/mol. The number of benzene rings is 3. The summed E-state index contributed by atoms with van der Waals surface area (Å²) in [5.74, 6) is 0.663. The van der Waals surface area contributed by atoms with Gasteiger partial charge in [-0.2, -0.15) is 26.3 Å². The topological polar surface area (TPSA) is 49.2 Å². The van der Waals surface area contributed by atoms with Crippen LogP contribution in [0.4, 0.5) is 32.0 Å². The van der Waals surface area contributed by atoms with Crippen LogP contribution in [0.1, 0.15) is 52.9 Å². The maximum Gasteiger partial charge on any atom is 0.416 e. The van der Waals surface area contributed by atoms with Crippen molar-refractivity contribution in [3.8, 4) is 5.75 Å². The lowest BCUT2D eigenvalue weighted by atomic mass is 10.0. The van der Waals surface area contributed by atoms with Crippen LogP contribution in [0.5, 0.6) is 5.75 Å². The highest BCUT2D eigenvalue weighted by Crippen LogP contribution is 2.33. The molecule has 6 nitrogen and oxygen atoms in total. The number of halogens is 6. The number of ether oxygens (including phenoxy) is 1. The lowest BCUT2D eigenvalue weighted by Gasteiger charge is -2.36. The number of rotatable bonds is 7. The summed E-state index contributed by atoms with van der Waals surface area (Å²) in [6.07, 6.45) is -5.87. The quantitative estimate of drug-likeness (QED) is 0.187. The van der Waals surface area contributed by atoms with E-state index in [1.807, 2.05) is 6.07 Å². The number of fused-ring (bicyclic) bond motifs is 1. The Kier molecular flexibility index (Phi) is 9.15. The largest absolute Gasteiger partial charge is 0.490 e. The first-order chi connectivity index (χ1) is 22.3. The van der Waals surface area contributed by atoms with E-state index < -0.39 is 23.5 Å². The summed E-state index contributed by atoms with van der Waals surface area (Å²) in [6.45, 7) is 3.29. The van der Waals surface area contributed by atoms with E-state index in [2.05, 4.69) is 9.80 Å². The predicted octanol–water partition coefficient (Wildman–Crippen LogP) is 8.25. The number of hydrogen-bond donors (Lipinski definition) is 0. The molecule has 2 fully saturated rings.